The molecule has 5 aliphatic rings. The Kier molecular flexibility index (Phi) is 30.4. The van der Waals surface area contributed by atoms with Crippen LogP contribution in [0.4, 0.5) is 0 Å². The lowest BCUT2D eigenvalue weighted by Crippen LogP contribution is -2.61. The number of carbonyl (C=O) groups excluding carboxylic acids is 14. The third-order valence-corrected chi connectivity index (χ3v) is 21.9. The van der Waals surface area contributed by atoms with E-state index in [0.29, 0.717) is 36.9 Å². The molecule has 1 aromatic carbocycles. The van der Waals surface area contributed by atoms with Gasteiger partial charge in [0.05, 0.1) is 25.5 Å². The van der Waals surface area contributed by atoms with Gasteiger partial charge in [-0.25, -0.2) is 4.98 Å². The average molecular weight is 1440 g/mol. The number of unbranched alkanes of at least 4 members (excludes halogenated alkanes) is 1. The Morgan fingerprint density at radius 1 is 0.684 bits per heavy atom. The zero-order chi connectivity index (χ0) is 71.0. The number of phenolic OH excluding ortho intramolecular Hbond substituents is 1. The molecule has 2 aromatic rings. The van der Waals surface area contributed by atoms with Gasteiger partial charge in [0, 0.05) is 67.1 Å². The van der Waals surface area contributed by atoms with Crippen molar-refractivity contribution < 1.29 is 77.3 Å². The van der Waals surface area contributed by atoms with E-state index < -0.39 is 175 Å². The summed E-state index contributed by atoms with van der Waals surface area (Å²) in [6, 6.07) is -9.72. The number of hydrogen-bond acceptors (Lipinski definition) is 22. The van der Waals surface area contributed by atoms with E-state index in [4.69, 9.17) is 11.5 Å². The van der Waals surface area contributed by atoms with Gasteiger partial charge < -0.3 is 95.4 Å². The molecule has 12 atom stereocenters. The van der Waals surface area contributed by atoms with E-state index in [1.807, 2.05) is 0 Å². The van der Waals surface area contributed by atoms with Crippen molar-refractivity contribution in [1.29, 1.82) is 0 Å². The van der Waals surface area contributed by atoms with Crippen LogP contribution in [-0.4, -0.2) is 230 Å². The van der Waals surface area contributed by atoms with Crippen LogP contribution in [0.1, 0.15) is 102 Å². The molecule has 1 aromatic heterocycles. The number of imidazole rings is 1. The van der Waals surface area contributed by atoms with Crippen LogP contribution in [0, 0.1) is 11.8 Å². The summed E-state index contributed by atoms with van der Waals surface area (Å²) in [6.45, 7) is 1.63. The zero-order valence-electron chi connectivity index (χ0n) is 54.4. The summed E-state index contributed by atoms with van der Waals surface area (Å²) in [5, 5.41) is 52.8. The molecule has 0 spiro atoms. The molecule has 5 heterocycles. The third-order valence-electron chi connectivity index (χ3n) is 17.1. The molecule has 19 N–H and O–H groups in total. The van der Waals surface area contributed by atoms with Gasteiger partial charge in [-0.3, -0.25) is 67.1 Å². The second kappa shape index (κ2) is 38.5. The molecule has 98 heavy (non-hydrogen) atoms. The Morgan fingerprint density at radius 2 is 1.34 bits per heavy atom. The average Bonchev–Trinajstić information content (AvgIpc) is 1.63. The number of aromatic nitrogens is 2. The Morgan fingerprint density at radius 3 is 2.00 bits per heavy atom. The van der Waals surface area contributed by atoms with Crippen LogP contribution in [-0.2, 0) is 80.0 Å². The van der Waals surface area contributed by atoms with E-state index in [1.54, 1.807) is 13.8 Å². The first-order chi connectivity index (χ1) is 46.8. The molecule has 4 saturated heterocycles. The van der Waals surface area contributed by atoms with Crippen LogP contribution in [0.25, 0.3) is 0 Å². The number of aliphatic hydroxyl groups excluding tert-OH is 1. The topological polar surface area (TPSA) is 508 Å². The Bertz CT molecular complexity index is 3170. The van der Waals surface area contributed by atoms with Crippen molar-refractivity contribution in [1.82, 2.24) is 78.7 Å². The number of fused-ring (bicyclic) bond motifs is 6. The summed E-state index contributed by atoms with van der Waals surface area (Å²) in [6.07, 6.45) is 5.94. The molecule has 2 bridgehead atoms. The Balaban J connectivity index is 1.27. The predicted molar refractivity (Wildman–Crippen MR) is 363 cm³/mol. The minimum atomic E-state index is -1.60. The fraction of sp³-hybridized carbons (Fsp3) is 0.623. The molecule has 1 saturated carbocycles. The van der Waals surface area contributed by atoms with Gasteiger partial charge in [-0.1, -0.05) is 101 Å². The SMILES string of the molecule is CC(C)[C@H](NC(=O)CNC(=O)[C@@H]1CCC(=O)N1)C(=O)N[C@H]1CSSC[C@@H](C(N)=O)NC(=O)[C@@H]2C[C@@H](O)CN2C(=O)[C@H](Cc2cnc[nH]2)NC(=O)[C@@H]2CSSC[C@H](NC1=O)C(=O)NCC(=O)N[C@@H](Cc1ccc(O)cc1)C(=O)N[C@@H](CCCCN)C(=O)N[C@@H](CC1CCCCC1)C(=O)N2. The maximum Gasteiger partial charge on any atom is 0.246 e. The van der Waals surface area contributed by atoms with E-state index in [0.717, 1.165) is 67.3 Å². The standard InChI is InChI=1S/C61H89N17O16S4/c1-31(2)50(77-49(83)24-65-52(85)38-15-16-47(81)68-38)60(93)76-45-29-97-95-26-42(51(63)84)73-59(92)46-21-36(80)25-78(46)61(94)41(20-34-22-64-30-67-34)72-57(90)44-28-98-96-27-43(74-58(45)91)53(86)66-23-48(82)69-39(19-33-11-13-35(79)14-12-33)55(88)70-37(10-6-7-17-62)54(87)71-40(56(89)75-44)18-32-8-4-3-5-9-32/h11-14,22,30-32,36-46,50,79-80H,3-10,15-21,23-29,62H2,1-2H3,(H2,63,84)(H,64,67)(H,65,85)(H,66,86)(H,68,81)(H,69,82)(H,70,88)(H,71,87)(H,72,90)(H,73,92)(H,74,91)(H,75,89)(H,76,93)(H,77,83)/t36-,37+,38+,39+,40+,41+,42+,43+,44+,45+,46+,50+/m1/s1. The van der Waals surface area contributed by atoms with Crippen molar-refractivity contribution >= 4 is 126 Å². The number of H-pyrrole nitrogens is 1. The molecular formula is C61H89N17O16S4. The summed E-state index contributed by atoms with van der Waals surface area (Å²) in [7, 11) is 3.71. The fourth-order valence-corrected chi connectivity index (χ4v) is 16.3. The van der Waals surface area contributed by atoms with Gasteiger partial charge in [-0.15, -0.1) is 0 Å². The van der Waals surface area contributed by atoms with Crippen LogP contribution in [0.2, 0.25) is 0 Å². The number of nitrogens with one attached hydrogen (secondary N) is 13. The molecule has 1 aliphatic carbocycles. The number of aromatic hydroxyl groups is 1. The Hall–Kier alpha value is -7.87. The highest BCUT2D eigenvalue weighted by Gasteiger charge is 2.44. The van der Waals surface area contributed by atoms with E-state index in [1.165, 1.54) is 36.8 Å². The van der Waals surface area contributed by atoms with Crippen LogP contribution >= 0.6 is 43.2 Å². The smallest absolute Gasteiger partial charge is 0.246 e. The lowest BCUT2D eigenvalue weighted by atomic mass is 9.84. The van der Waals surface area contributed by atoms with Crippen LogP contribution in [0.5, 0.6) is 5.75 Å². The zero-order valence-corrected chi connectivity index (χ0v) is 57.7. The van der Waals surface area contributed by atoms with Crippen molar-refractivity contribution in [3.8, 4) is 5.75 Å². The first kappa shape index (κ1) is 77.5. The minimum Gasteiger partial charge on any atom is -0.508 e. The third kappa shape index (κ3) is 24.0. The number of phenols is 1. The highest BCUT2D eigenvalue weighted by molar-refractivity contribution is 8.77. The monoisotopic (exact) mass is 1440 g/mol. The van der Waals surface area contributed by atoms with Crippen molar-refractivity contribution in [2.24, 2.45) is 23.3 Å². The van der Waals surface area contributed by atoms with Gasteiger partial charge >= 0.3 is 0 Å². The lowest BCUT2D eigenvalue weighted by molar-refractivity contribution is -0.142. The van der Waals surface area contributed by atoms with Crippen LogP contribution < -0.4 is 75.3 Å². The number of aromatic amines is 1. The number of hydrogen-bond donors (Lipinski definition) is 17. The molecule has 0 radical (unpaired) electrons. The van der Waals surface area contributed by atoms with E-state index >= 15 is 9.59 Å². The number of nitrogens with zero attached hydrogens (tertiary/aromatic N) is 2. The summed E-state index contributed by atoms with van der Waals surface area (Å²) in [5.74, 6) is -13.8. The van der Waals surface area contributed by atoms with Crippen LogP contribution in [0.15, 0.2) is 36.8 Å². The van der Waals surface area contributed by atoms with Gasteiger partial charge in [0.25, 0.3) is 0 Å². The maximum absolute atomic E-state index is 15.1. The fourth-order valence-electron chi connectivity index (χ4n) is 11.6. The quantitative estimate of drug-likeness (QED) is 0.0497. The highest BCUT2D eigenvalue weighted by atomic mass is 33.1. The number of carbonyl (C=O) groups is 14. The normalized spacial score (nSPS) is 27.0. The van der Waals surface area contributed by atoms with Crippen molar-refractivity contribution in [2.75, 3.05) is 49.2 Å². The molecule has 5 fully saturated rings. The largest absolute Gasteiger partial charge is 0.508 e. The number of aliphatic hydroxyl groups is 1. The highest BCUT2D eigenvalue weighted by Crippen LogP contribution is 2.30. The van der Waals surface area contributed by atoms with Gasteiger partial charge in [0.15, 0.2) is 0 Å². The molecule has 7 rings (SSSR count). The van der Waals surface area contributed by atoms with Gasteiger partial charge in [-0.2, -0.15) is 0 Å². The molecule has 14 amide bonds. The summed E-state index contributed by atoms with van der Waals surface area (Å²) >= 11 is 0. The number of nitrogens with two attached hydrogens (primary N) is 2. The molecule has 0 unspecified atom stereocenters. The van der Waals surface area contributed by atoms with E-state index in [-0.39, 0.29) is 92.1 Å². The number of amides is 14. The number of primary amides is 1. The van der Waals surface area contributed by atoms with Crippen molar-refractivity contribution in [2.45, 2.75) is 176 Å². The minimum absolute atomic E-state index is 0.0183. The van der Waals surface area contributed by atoms with E-state index in [2.05, 4.69) is 73.8 Å². The second-order valence-electron chi connectivity index (χ2n) is 25.0. The first-order valence-electron chi connectivity index (χ1n) is 32.6. The molecular weight excluding hydrogens is 1360 g/mol. The van der Waals surface area contributed by atoms with Gasteiger partial charge in [-0.05, 0) is 68.2 Å². The number of benzene rings is 1. The summed E-state index contributed by atoms with van der Waals surface area (Å²) in [5.41, 5.74) is 12.5. The maximum atomic E-state index is 15.1. The molecule has 37 heteroatoms. The van der Waals surface area contributed by atoms with Crippen LogP contribution in [0.3, 0.4) is 0 Å². The predicted octanol–water partition coefficient (Wildman–Crippen LogP) is -4.23. The first-order valence-corrected chi connectivity index (χ1v) is 37.6. The van der Waals surface area contributed by atoms with Gasteiger partial charge in [0.1, 0.15) is 72.2 Å². The molecule has 538 valence electrons. The summed E-state index contributed by atoms with van der Waals surface area (Å²) < 4.78 is 0. The molecule has 4 aliphatic heterocycles. The second-order valence-corrected chi connectivity index (χ2v) is 30.1. The Labute approximate surface area is 581 Å². The van der Waals surface area contributed by atoms with Crippen molar-refractivity contribution in [3.05, 3.63) is 48.0 Å². The van der Waals surface area contributed by atoms with Gasteiger partial charge in [0.2, 0.25) is 82.7 Å². The number of rotatable bonds is 18. The summed E-state index contributed by atoms with van der Waals surface area (Å²) in [4.78, 5) is 206. The molecule has 33 nitrogen and oxygen atoms in total. The lowest BCUT2D eigenvalue weighted by Gasteiger charge is -2.31. The van der Waals surface area contributed by atoms with E-state index in [9.17, 15) is 67.7 Å². The van der Waals surface area contributed by atoms with Crippen molar-refractivity contribution in [3.63, 3.8) is 0 Å².